The fourth-order valence-electron chi connectivity index (χ4n) is 1.70. The summed E-state index contributed by atoms with van der Waals surface area (Å²) in [6, 6.07) is 9.38. The van der Waals surface area contributed by atoms with Crippen molar-refractivity contribution in [3.8, 4) is 6.07 Å². The van der Waals surface area contributed by atoms with Crippen LogP contribution in [0.3, 0.4) is 0 Å². The van der Waals surface area contributed by atoms with Gasteiger partial charge in [-0.1, -0.05) is 0 Å². The lowest BCUT2D eigenvalue weighted by atomic mass is 10.2. The van der Waals surface area contributed by atoms with Crippen LogP contribution in [0.5, 0.6) is 0 Å². The zero-order valence-electron chi connectivity index (χ0n) is 10.7. The van der Waals surface area contributed by atoms with Crippen LogP contribution < -0.4 is 10.5 Å². The van der Waals surface area contributed by atoms with E-state index in [2.05, 4.69) is 9.71 Å². The van der Waals surface area contributed by atoms with E-state index in [1.54, 1.807) is 6.92 Å². The number of rotatable bonds is 3. The van der Waals surface area contributed by atoms with E-state index in [0.717, 1.165) is 0 Å². The first-order chi connectivity index (χ1) is 9.42. The number of hydrogen-bond donors (Lipinski definition) is 2. The van der Waals surface area contributed by atoms with Gasteiger partial charge >= 0.3 is 0 Å². The van der Waals surface area contributed by atoms with Crippen molar-refractivity contribution >= 4 is 21.5 Å². The molecule has 0 atom stereocenters. The topological polar surface area (TPSA) is 109 Å². The van der Waals surface area contributed by atoms with Gasteiger partial charge in [0.2, 0.25) is 0 Å². The summed E-state index contributed by atoms with van der Waals surface area (Å²) in [7, 11) is -3.72. The third-order valence-corrected chi connectivity index (χ3v) is 4.17. The zero-order valence-corrected chi connectivity index (χ0v) is 11.5. The van der Waals surface area contributed by atoms with Crippen molar-refractivity contribution in [3.05, 3.63) is 47.7 Å². The van der Waals surface area contributed by atoms with Gasteiger partial charge in [0.1, 0.15) is 5.82 Å². The molecule has 20 heavy (non-hydrogen) atoms. The number of nitrogens with one attached hydrogen (secondary N) is 1. The number of nitrogens with two attached hydrogens (primary N) is 1. The van der Waals surface area contributed by atoms with Gasteiger partial charge in [-0.15, -0.1) is 0 Å². The molecule has 0 saturated heterocycles. The molecule has 0 radical (unpaired) electrons. The summed E-state index contributed by atoms with van der Waals surface area (Å²) in [5.74, 6) is 0.308. The number of hydrogen-bond acceptors (Lipinski definition) is 5. The van der Waals surface area contributed by atoms with Crippen molar-refractivity contribution in [3.63, 3.8) is 0 Å². The van der Waals surface area contributed by atoms with E-state index < -0.39 is 10.0 Å². The van der Waals surface area contributed by atoms with E-state index in [1.807, 2.05) is 6.07 Å². The molecule has 0 saturated carbocycles. The Hall–Kier alpha value is -2.59. The van der Waals surface area contributed by atoms with Gasteiger partial charge in [-0.25, -0.2) is 13.4 Å². The summed E-state index contributed by atoms with van der Waals surface area (Å²) in [6.07, 6.45) is 1.34. The Bertz CT molecular complexity index is 777. The van der Waals surface area contributed by atoms with Crippen molar-refractivity contribution < 1.29 is 8.42 Å². The number of nitriles is 1. The minimum Gasteiger partial charge on any atom is -0.384 e. The van der Waals surface area contributed by atoms with E-state index in [9.17, 15) is 8.42 Å². The molecule has 2 aromatic rings. The maximum atomic E-state index is 12.3. The van der Waals surface area contributed by atoms with Gasteiger partial charge in [-0.05, 0) is 42.8 Å². The first-order valence-corrected chi connectivity index (χ1v) is 7.16. The Morgan fingerprint density at radius 1 is 1.30 bits per heavy atom. The van der Waals surface area contributed by atoms with E-state index in [4.69, 9.17) is 11.0 Å². The molecule has 0 aliphatic rings. The lowest BCUT2D eigenvalue weighted by Gasteiger charge is -2.10. The van der Waals surface area contributed by atoms with E-state index in [-0.39, 0.29) is 4.90 Å². The summed E-state index contributed by atoms with van der Waals surface area (Å²) in [5.41, 5.74) is 6.67. The Kier molecular flexibility index (Phi) is 3.59. The predicted octanol–water partition coefficient (Wildman–Crippen LogP) is 1.64. The van der Waals surface area contributed by atoms with Crippen molar-refractivity contribution in [1.29, 1.82) is 5.26 Å². The highest BCUT2D eigenvalue weighted by atomic mass is 32.2. The molecule has 7 heteroatoms. The van der Waals surface area contributed by atoms with Crippen LogP contribution in [0.1, 0.15) is 11.1 Å². The highest BCUT2D eigenvalue weighted by molar-refractivity contribution is 7.92. The molecule has 0 aliphatic carbocycles. The molecule has 0 fully saturated rings. The number of nitrogens with zero attached hydrogens (tertiary/aromatic N) is 2. The molecule has 6 nitrogen and oxygen atoms in total. The molecule has 1 aromatic carbocycles. The number of nitrogen functional groups attached to an aromatic ring is 1. The van der Waals surface area contributed by atoms with Crippen molar-refractivity contribution in [2.24, 2.45) is 0 Å². The fourth-order valence-corrected chi connectivity index (χ4v) is 2.97. The Labute approximate surface area is 116 Å². The van der Waals surface area contributed by atoms with Crippen LogP contribution in [-0.2, 0) is 10.0 Å². The molecule has 2 rings (SSSR count). The van der Waals surface area contributed by atoms with Crippen LogP contribution in [0.25, 0.3) is 0 Å². The molecule has 0 bridgehead atoms. The first kappa shape index (κ1) is 13.8. The van der Waals surface area contributed by atoms with Gasteiger partial charge in [0, 0.05) is 0 Å². The first-order valence-electron chi connectivity index (χ1n) is 5.67. The molecular weight excluding hydrogens is 276 g/mol. The van der Waals surface area contributed by atoms with Crippen LogP contribution in [0, 0.1) is 18.3 Å². The summed E-state index contributed by atoms with van der Waals surface area (Å²) in [6.45, 7) is 1.64. The second-order valence-corrected chi connectivity index (χ2v) is 5.82. The standard InChI is InChI=1S/C13H12N4O2S/c1-9-6-10(7-14)2-4-12(9)20(18,19)17-11-3-5-13(15)16-8-11/h2-6,8,17H,1H3,(H2,15,16). The number of aromatic nitrogens is 1. The van der Waals surface area contributed by atoms with Crippen LogP contribution in [0.15, 0.2) is 41.4 Å². The molecule has 1 heterocycles. The maximum absolute atomic E-state index is 12.3. The van der Waals surface area contributed by atoms with Crippen LogP contribution in [0.2, 0.25) is 0 Å². The average molecular weight is 288 g/mol. The van der Waals surface area contributed by atoms with Gasteiger partial charge in [0.15, 0.2) is 0 Å². The van der Waals surface area contributed by atoms with Crippen LogP contribution in [0.4, 0.5) is 11.5 Å². The lowest BCUT2D eigenvalue weighted by molar-refractivity contribution is 0.600. The highest BCUT2D eigenvalue weighted by Crippen LogP contribution is 2.20. The van der Waals surface area contributed by atoms with Gasteiger partial charge in [0.25, 0.3) is 10.0 Å². The summed E-state index contributed by atoms with van der Waals surface area (Å²) in [4.78, 5) is 3.93. The number of aryl methyl sites for hydroxylation is 1. The van der Waals surface area contributed by atoms with Gasteiger partial charge < -0.3 is 5.73 Å². The minimum atomic E-state index is -3.72. The Morgan fingerprint density at radius 2 is 2.05 bits per heavy atom. The molecular formula is C13H12N4O2S. The van der Waals surface area contributed by atoms with Gasteiger partial charge in [-0.3, -0.25) is 4.72 Å². The third-order valence-electron chi connectivity index (χ3n) is 2.63. The lowest BCUT2D eigenvalue weighted by Crippen LogP contribution is -2.14. The third kappa shape index (κ3) is 2.87. The van der Waals surface area contributed by atoms with Crippen molar-refractivity contribution in [1.82, 2.24) is 4.98 Å². The minimum absolute atomic E-state index is 0.119. The van der Waals surface area contributed by atoms with E-state index in [0.29, 0.717) is 22.6 Å². The molecule has 0 spiro atoms. The molecule has 0 amide bonds. The average Bonchev–Trinajstić information content (AvgIpc) is 2.40. The molecule has 102 valence electrons. The second kappa shape index (κ2) is 5.19. The molecule has 1 aromatic heterocycles. The number of anilines is 2. The number of sulfonamides is 1. The van der Waals surface area contributed by atoms with Crippen molar-refractivity contribution in [2.45, 2.75) is 11.8 Å². The fraction of sp³-hybridized carbons (Fsp3) is 0.0769. The smallest absolute Gasteiger partial charge is 0.262 e. The monoisotopic (exact) mass is 288 g/mol. The molecule has 3 N–H and O–H groups in total. The SMILES string of the molecule is Cc1cc(C#N)ccc1S(=O)(=O)Nc1ccc(N)nc1. The number of benzene rings is 1. The quantitative estimate of drug-likeness (QED) is 0.892. The highest BCUT2D eigenvalue weighted by Gasteiger charge is 2.17. The summed E-state index contributed by atoms with van der Waals surface area (Å²) < 4.78 is 26.9. The molecule has 0 aliphatic heterocycles. The molecule has 0 unspecified atom stereocenters. The zero-order chi connectivity index (χ0) is 14.8. The summed E-state index contributed by atoms with van der Waals surface area (Å²) >= 11 is 0. The normalized spacial score (nSPS) is 10.8. The van der Waals surface area contributed by atoms with Crippen LogP contribution in [-0.4, -0.2) is 13.4 Å². The predicted molar refractivity (Wildman–Crippen MR) is 75.4 cm³/mol. The van der Waals surface area contributed by atoms with Crippen molar-refractivity contribution in [2.75, 3.05) is 10.5 Å². The summed E-state index contributed by atoms with van der Waals surface area (Å²) in [5, 5.41) is 8.78. The largest absolute Gasteiger partial charge is 0.384 e. The van der Waals surface area contributed by atoms with Gasteiger partial charge in [-0.2, -0.15) is 5.26 Å². The van der Waals surface area contributed by atoms with E-state index in [1.165, 1.54) is 36.5 Å². The number of pyridine rings is 1. The second-order valence-electron chi connectivity index (χ2n) is 4.17. The van der Waals surface area contributed by atoms with Gasteiger partial charge in [0.05, 0.1) is 28.4 Å². The Morgan fingerprint density at radius 3 is 2.60 bits per heavy atom. The maximum Gasteiger partial charge on any atom is 0.262 e. The van der Waals surface area contributed by atoms with Crippen LogP contribution >= 0.6 is 0 Å². The van der Waals surface area contributed by atoms with E-state index >= 15 is 0 Å². The Balaban J connectivity index is 2.36.